The highest BCUT2D eigenvalue weighted by molar-refractivity contribution is 5.47. The molecule has 0 saturated heterocycles. The summed E-state index contributed by atoms with van der Waals surface area (Å²) in [6.07, 6.45) is 0. The lowest BCUT2D eigenvalue weighted by molar-refractivity contribution is -0.385. The highest BCUT2D eigenvalue weighted by atomic mass is 16.6. The third-order valence-electron chi connectivity index (χ3n) is 2.28. The molecule has 0 aliphatic heterocycles. The molecule has 0 atom stereocenters. The number of nitrogen functional groups attached to an aromatic ring is 1. The molecular weight excluding hydrogens is 264 g/mol. The van der Waals surface area contributed by atoms with Gasteiger partial charge in [0.25, 0.3) is 0 Å². The molecule has 0 unspecified atom stereocenters. The molecule has 2 aromatic rings. The molecular formula is C11H12N6O3. The lowest BCUT2D eigenvalue weighted by atomic mass is 10.3. The van der Waals surface area contributed by atoms with Crippen molar-refractivity contribution in [2.75, 3.05) is 24.7 Å². The summed E-state index contributed by atoms with van der Waals surface area (Å²) in [5.74, 6) is 0.302. The first-order valence-corrected chi connectivity index (χ1v) is 5.57. The van der Waals surface area contributed by atoms with Crippen LogP contribution in [0.1, 0.15) is 0 Å². The summed E-state index contributed by atoms with van der Waals surface area (Å²) in [6.45, 7) is 0. The van der Waals surface area contributed by atoms with Gasteiger partial charge in [-0.1, -0.05) is 12.1 Å². The van der Waals surface area contributed by atoms with Crippen molar-refractivity contribution in [2.24, 2.45) is 0 Å². The first-order valence-electron chi connectivity index (χ1n) is 5.57. The van der Waals surface area contributed by atoms with Crippen LogP contribution >= 0.6 is 0 Å². The summed E-state index contributed by atoms with van der Waals surface area (Å²) in [5.41, 5.74) is 5.36. The van der Waals surface area contributed by atoms with E-state index in [-0.39, 0.29) is 23.4 Å². The fourth-order valence-corrected chi connectivity index (χ4v) is 1.40. The maximum atomic E-state index is 10.9. The highest BCUT2D eigenvalue weighted by Crippen LogP contribution is 2.29. The van der Waals surface area contributed by atoms with Gasteiger partial charge in [-0.05, 0) is 6.07 Å². The standard InChI is InChI=1S/C11H12N6O3/c1-16(2)10-13-9(12)14-11(15-10)20-8-6-4-3-5-7(8)17(18)19/h3-6H,1-2H3,(H2,12,13,14,15). The Bertz CT molecular complexity index is 646. The molecule has 1 aromatic heterocycles. The molecule has 0 fully saturated rings. The zero-order valence-electron chi connectivity index (χ0n) is 10.8. The predicted molar refractivity (Wildman–Crippen MR) is 71.7 cm³/mol. The molecule has 2 rings (SSSR count). The lowest BCUT2D eigenvalue weighted by Crippen LogP contribution is -2.15. The van der Waals surface area contributed by atoms with E-state index in [4.69, 9.17) is 10.5 Å². The van der Waals surface area contributed by atoms with E-state index in [9.17, 15) is 10.1 Å². The summed E-state index contributed by atoms with van der Waals surface area (Å²) in [5, 5.41) is 10.9. The zero-order valence-corrected chi connectivity index (χ0v) is 10.8. The zero-order chi connectivity index (χ0) is 14.7. The van der Waals surface area contributed by atoms with E-state index >= 15 is 0 Å². The normalized spacial score (nSPS) is 10.1. The van der Waals surface area contributed by atoms with Crippen LogP contribution in [-0.4, -0.2) is 34.0 Å². The molecule has 1 heterocycles. The predicted octanol–water partition coefficient (Wildman–Crippen LogP) is 1.22. The van der Waals surface area contributed by atoms with Gasteiger partial charge in [-0.3, -0.25) is 10.1 Å². The number of hydrogen-bond acceptors (Lipinski definition) is 8. The molecule has 20 heavy (non-hydrogen) atoms. The number of nitrogens with zero attached hydrogens (tertiary/aromatic N) is 5. The molecule has 0 aliphatic rings. The molecule has 0 amide bonds. The monoisotopic (exact) mass is 276 g/mol. The number of nitrogens with two attached hydrogens (primary N) is 1. The van der Waals surface area contributed by atoms with Crippen LogP contribution in [0.25, 0.3) is 0 Å². The lowest BCUT2D eigenvalue weighted by Gasteiger charge is -2.11. The fraction of sp³-hybridized carbons (Fsp3) is 0.182. The van der Waals surface area contributed by atoms with Crippen LogP contribution in [-0.2, 0) is 0 Å². The van der Waals surface area contributed by atoms with Gasteiger partial charge in [0.05, 0.1) is 4.92 Å². The maximum absolute atomic E-state index is 10.9. The maximum Gasteiger partial charge on any atom is 0.328 e. The van der Waals surface area contributed by atoms with E-state index in [1.54, 1.807) is 25.1 Å². The van der Waals surface area contributed by atoms with Crippen LogP contribution in [0.15, 0.2) is 24.3 Å². The number of ether oxygens (including phenoxy) is 1. The van der Waals surface area contributed by atoms with Crippen molar-refractivity contribution in [3.8, 4) is 11.8 Å². The smallest absolute Gasteiger partial charge is 0.328 e. The van der Waals surface area contributed by atoms with Gasteiger partial charge in [0.1, 0.15) is 0 Å². The Balaban J connectivity index is 2.38. The summed E-state index contributed by atoms with van der Waals surface area (Å²) < 4.78 is 5.33. The summed E-state index contributed by atoms with van der Waals surface area (Å²) >= 11 is 0. The van der Waals surface area contributed by atoms with Gasteiger partial charge in [0.15, 0.2) is 0 Å². The number of benzene rings is 1. The Morgan fingerprint density at radius 2 is 1.95 bits per heavy atom. The third-order valence-corrected chi connectivity index (χ3v) is 2.28. The van der Waals surface area contributed by atoms with E-state index < -0.39 is 4.92 Å². The summed E-state index contributed by atoms with van der Waals surface area (Å²) in [4.78, 5) is 23.7. The largest absolute Gasteiger partial charge is 0.417 e. The van der Waals surface area contributed by atoms with Crippen molar-refractivity contribution >= 4 is 17.6 Å². The number of nitro groups is 1. The molecule has 0 aliphatic carbocycles. The van der Waals surface area contributed by atoms with Gasteiger partial charge >= 0.3 is 11.7 Å². The van der Waals surface area contributed by atoms with Crippen LogP contribution in [0.2, 0.25) is 0 Å². The van der Waals surface area contributed by atoms with Crippen molar-refractivity contribution in [1.82, 2.24) is 15.0 Å². The van der Waals surface area contributed by atoms with Crippen LogP contribution in [0, 0.1) is 10.1 Å². The van der Waals surface area contributed by atoms with Crippen molar-refractivity contribution in [3.05, 3.63) is 34.4 Å². The van der Waals surface area contributed by atoms with Crippen molar-refractivity contribution in [3.63, 3.8) is 0 Å². The number of hydrogen-bond donors (Lipinski definition) is 1. The Morgan fingerprint density at radius 1 is 1.25 bits per heavy atom. The average molecular weight is 276 g/mol. The summed E-state index contributed by atoms with van der Waals surface area (Å²) in [7, 11) is 3.45. The highest BCUT2D eigenvalue weighted by Gasteiger charge is 2.16. The van der Waals surface area contributed by atoms with E-state index in [1.165, 1.54) is 18.2 Å². The summed E-state index contributed by atoms with van der Waals surface area (Å²) in [6, 6.07) is 5.83. The minimum absolute atomic E-state index is 0.0303. The van der Waals surface area contributed by atoms with Gasteiger partial charge < -0.3 is 15.4 Å². The molecule has 0 spiro atoms. The van der Waals surface area contributed by atoms with Crippen LogP contribution in [0.5, 0.6) is 11.8 Å². The average Bonchev–Trinajstić information content (AvgIpc) is 2.38. The van der Waals surface area contributed by atoms with Crippen molar-refractivity contribution in [2.45, 2.75) is 0 Å². The van der Waals surface area contributed by atoms with Crippen molar-refractivity contribution in [1.29, 1.82) is 0 Å². The first-order chi connectivity index (χ1) is 9.47. The number of nitro benzene ring substituents is 1. The van der Waals surface area contributed by atoms with E-state index in [0.717, 1.165) is 0 Å². The second-order valence-corrected chi connectivity index (χ2v) is 4.00. The first kappa shape index (κ1) is 13.5. The number of anilines is 2. The van der Waals surface area contributed by atoms with Crippen LogP contribution in [0.4, 0.5) is 17.6 Å². The topological polar surface area (TPSA) is 120 Å². The Kier molecular flexibility index (Phi) is 3.60. The van der Waals surface area contributed by atoms with Gasteiger partial charge in [-0.25, -0.2) is 0 Å². The second kappa shape index (κ2) is 5.34. The molecule has 9 heteroatoms. The molecule has 104 valence electrons. The molecule has 0 radical (unpaired) electrons. The Labute approximate surface area is 114 Å². The Morgan fingerprint density at radius 3 is 2.60 bits per heavy atom. The van der Waals surface area contributed by atoms with Gasteiger partial charge in [-0.2, -0.15) is 15.0 Å². The molecule has 0 saturated carbocycles. The molecule has 9 nitrogen and oxygen atoms in total. The van der Waals surface area contributed by atoms with Gasteiger partial charge in [-0.15, -0.1) is 0 Å². The molecule has 1 aromatic carbocycles. The molecule has 2 N–H and O–H groups in total. The SMILES string of the molecule is CN(C)c1nc(N)nc(Oc2ccccc2[N+](=O)[O-])n1. The number of rotatable bonds is 4. The van der Waals surface area contributed by atoms with E-state index in [2.05, 4.69) is 15.0 Å². The fourth-order valence-electron chi connectivity index (χ4n) is 1.40. The molecule has 0 bridgehead atoms. The van der Waals surface area contributed by atoms with Gasteiger partial charge in [0, 0.05) is 20.2 Å². The van der Waals surface area contributed by atoms with Crippen LogP contribution in [0.3, 0.4) is 0 Å². The second-order valence-electron chi connectivity index (χ2n) is 4.00. The van der Waals surface area contributed by atoms with E-state index in [0.29, 0.717) is 5.95 Å². The minimum atomic E-state index is -0.549. The van der Waals surface area contributed by atoms with Gasteiger partial charge in [0.2, 0.25) is 17.6 Å². The van der Waals surface area contributed by atoms with Crippen LogP contribution < -0.4 is 15.4 Å². The van der Waals surface area contributed by atoms with Crippen molar-refractivity contribution < 1.29 is 9.66 Å². The number of aromatic nitrogens is 3. The number of para-hydroxylation sites is 2. The quantitative estimate of drug-likeness (QED) is 0.653. The minimum Gasteiger partial charge on any atom is -0.417 e. The third kappa shape index (κ3) is 2.88. The Hall–Kier alpha value is -2.97. The van der Waals surface area contributed by atoms with E-state index in [1.807, 2.05) is 0 Å².